The summed E-state index contributed by atoms with van der Waals surface area (Å²) in [4.78, 5) is 0. The summed E-state index contributed by atoms with van der Waals surface area (Å²) in [6, 6.07) is 0. The highest BCUT2D eigenvalue weighted by Crippen LogP contribution is 2.60. The molecule has 0 bridgehead atoms. The molecule has 0 aromatic carbocycles. The molecule has 0 N–H and O–H groups in total. The van der Waals surface area contributed by atoms with Gasteiger partial charge < -0.3 is 14.2 Å². The van der Waals surface area contributed by atoms with Gasteiger partial charge in [-0.1, -0.05) is 20.8 Å². The quantitative estimate of drug-likeness (QED) is 0.728. The molecule has 0 amide bonds. The molecule has 0 radical (unpaired) electrons. The molecule has 0 aromatic rings. The van der Waals surface area contributed by atoms with Crippen molar-refractivity contribution in [2.75, 3.05) is 13.2 Å². The minimum absolute atomic E-state index is 0.0769. The topological polar surface area (TPSA) is 27.7 Å². The van der Waals surface area contributed by atoms with E-state index in [1.807, 2.05) is 0 Å². The van der Waals surface area contributed by atoms with E-state index in [0.717, 1.165) is 19.6 Å². The van der Waals surface area contributed by atoms with Crippen LogP contribution in [-0.4, -0.2) is 31.2 Å². The molecular formula is C16H28O3. The van der Waals surface area contributed by atoms with Crippen LogP contribution in [-0.2, 0) is 14.2 Å². The Labute approximate surface area is 117 Å². The third-order valence-corrected chi connectivity index (χ3v) is 6.02. The van der Waals surface area contributed by atoms with Gasteiger partial charge in [0.15, 0.2) is 5.79 Å². The van der Waals surface area contributed by atoms with Gasteiger partial charge in [0, 0.05) is 11.8 Å². The van der Waals surface area contributed by atoms with E-state index in [-0.39, 0.29) is 11.5 Å². The second-order valence-corrected chi connectivity index (χ2v) is 7.25. The number of fused-ring (bicyclic) bond motifs is 1. The normalized spacial score (nSPS) is 44.2. The molecule has 3 rings (SSSR count). The van der Waals surface area contributed by atoms with Gasteiger partial charge in [-0.05, 0) is 38.0 Å². The Bertz CT molecular complexity index is 346. The highest BCUT2D eigenvalue weighted by molar-refractivity contribution is 5.09. The van der Waals surface area contributed by atoms with Crippen molar-refractivity contribution in [2.45, 2.75) is 77.8 Å². The van der Waals surface area contributed by atoms with Gasteiger partial charge in [-0.3, -0.25) is 0 Å². The van der Waals surface area contributed by atoms with Gasteiger partial charge in [-0.2, -0.15) is 0 Å². The van der Waals surface area contributed by atoms with E-state index in [9.17, 15) is 0 Å². The minimum Gasteiger partial charge on any atom is -0.374 e. The summed E-state index contributed by atoms with van der Waals surface area (Å²) < 4.78 is 18.6. The second kappa shape index (κ2) is 4.44. The fourth-order valence-corrected chi connectivity index (χ4v) is 4.70. The molecule has 1 saturated carbocycles. The van der Waals surface area contributed by atoms with Crippen molar-refractivity contribution in [1.29, 1.82) is 0 Å². The van der Waals surface area contributed by atoms with E-state index < -0.39 is 5.79 Å². The monoisotopic (exact) mass is 268 g/mol. The van der Waals surface area contributed by atoms with Crippen molar-refractivity contribution >= 4 is 0 Å². The predicted molar refractivity (Wildman–Crippen MR) is 73.9 cm³/mol. The van der Waals surface area contributed by atoms with Gasteiger partial charge in [0.1, 0.15) is 0 Å². The Morgan fingerprint density at radius 2 is 1.74 bits per heavy atom. The second-order valence-electron chi connectivity index (χ2n) is 7.25. The van der Waals surface area contributed by atoms with Gasteiger partial charge in [-0.15, -0.1) is 0 Å². The van der Waals surface area contributed by atoms with E-state index in [0.29, 0.717) is 11.5 Å². The van der Waals surface area contributed by atoms with E-state index >= 15 is 0 Å². The molecule has 3 atom stereocenters. The van der Waals surface area contributed by atoms with E-state index in [2.05, 4.69) is 27.7 Å². The number of rotatable bonds is 1. The Morgan fingerprint density at radius 3 is 2.37 bits per heavy atom. The fourth-order valence-electron chi connectivity index (χ4n) is 4.70. The summed E-state index contributed by atoms with van der Waals surface area (Å²) in [5, 5.41) is 0. The molecule has 3 heteroatoms. The molecule has 3 fully saturated rings. The summed E-state index contributed by atoms with van der Waals surface area (Å²) in [6.07, 6.45) is 6.47. The molecular weight excluding hydrogens is 240 g/mol. The van der Waals surface area contributed by atoms with Crippen LogP contribution >= 0.6 is 0 Å². The average molecular weight is 268 g/mol. The van der Waals surface area contributed by atoms with Crippen molar-refractivity contribution in [3.8, 4) is 0 Å². The van der Waals surface area contributed by atoms with Crippen molar-refractivity contribution in [2.24, 2.45) is 10.8 Å². The van der Waals surface area contributed by atoms with Crippen molar-refractivity contribution in [3.63, 3.8) is 0 Å². The highest BCUT2D eigenvalue weighted by atomic mass is 16.7. The predicted octanol–water partition coefficient (Wildman–Crippen LogP) is 3.51. The lowest BCUT2D eigenvalue weighted by Crippen LogP contribution is -2.64. The molecule has 3 nitrogen and oxygen atoms in total. The lowest BCUT2D eigenvalue weighted by atomic mass is 9.54. The first-order valence-electron chi connectivity index (χ1n) is 7.89. The summed E-state index contributed by atoms with van der Waals surface area (Å²) in [7, 11) is 0. The van der Waals surface area contributed by atoms with E-state index in [1.54, 1.807) is 0 Å². The van der Waals surface area contributed by atoms with Crippen molar-refractivity contribution < 1.29 is 14.2 Å². The average Bonchev–Trinajstić information content (AvgIpc) is 2.87. The maximum absolute atomic E-state index is 6.43. The first-order chi connectivity index (χ1) is 8.96. The fraction of sp³-hybridized carbons (Fsp3) is 1.00. The van der Waals surface area contributed by atoms with Gasteiger partial charge in [-0.25, -0.2) is 0 Å². The molecule has 1 aliphatic carbocycles. The third-order valence-electron chi connectivity index (χ3n) is 6.02. The van der Waals surface area contributed by atoms with Crippen molar-refractivity contribution in [3.05, 3.63) is 0 Å². The van der Waals surface area contributed by atoms with Crippen LogP contribution in [0.2, 0.25) is 0 Å². The van der Waals surface area contributed by atoms with E-state index in [1.165, 1.54) is 25.7 Å². The Hall–Kier alpha value is -0.120. The molecule has 2 heterocycles. The van der Waals surface area contributed by atoms with Gasteiger partial charge in [0.05, 0.1) is 25.4 Å². The van der Waals surface area contributed by atoms with Crippen LogP contribution in [0.25, 0.3) is 0 Å². The Kier molecular flexibility index (Phi) is 3.23. The highest BCUT2D eigenvalue weighted by Gasteiger charge is 2.64. The molecule has 19 heavy (non-hydrogen) atoms. The van der Waals surface area contributed by atoms with E-state index in [4.69, 9.17) is 14.2 Å². The zero-order valence-electron chi connectivity index (χ0n) is 12.8. The van der Waals surface area contributed by atoms with Crippen LogP contribution in [0.5, 0.6) is 0 Å². The lowest BCUT2D eigenvalue weighted by Gasteiger charge is -2.61. The molecule has 2 aliphatic heterocycles. The van der Waals surface area contributed by atoms with Crippen molar-refractivity contribution in [1.82, 2.24) is 0 Å². The maximum atomic E-state index is 6.43. The van der Waals surface area contributed by atoms with Gasteiger partial charge in [0.2, 0.25) is 0 Å². The van der Waals surface area contributed by atoms with Gasteiger partial charge in [0.25, 0.3) is 0 Å². The zero-order valence-corrected chi connectivity index (χ0v) is 12.8. The molecule has 1 spiro atoms. The summed E-state index contributed by atoms with van der Waals surface area (Å²) in [5.74, 6) is -0.409. The van der Waals surface area contributed by atoms with Gasteiger partial charge >= 0.3 is 0 Å². The molecule has 2 unspecified atom stereocenters. The lowest BCUT2D eigenvalue weighted by molar-refractivity contribution is -0.323. The molecule has 2 saturated heterocycles. The van der Waals surface area contributed by atoms with Crippen LogP contribution in [0.4, 0.5) is 0 Å². The first kappa shape index (κ1) is 13.8. The smallest absolute Gasteiger partial charge is 0.176 e. The third kappa shape index (κ3) is 1.81. The van der Waals surface area contributed by atoms with Crippen LogP contribution < -0.4 is 0 Å². The standard InChI is InChI=1S/C16H28O3/c1-5-15-7-6-12(2)19-13(15)14(3,4)16(9-8-15)17-10-11-18-16/h12-13H,5-11H2,1-4H3/t12?,13-,15?/m0/s1. The van der Waals surface area contributed by atoms with Crippen LogP contribution in [0, 0.1) is 10.8 Å². The number of hydrogen-bond donors (Lipinski definition) is 0. The minimum atomic E-state index is -0.409. The summed E-state index contributed by atoms with van der Waals surface area (Å²) in [5.41, 5.74) is 0.253. The largest absolute Gasteiger partial charge is 0.374 e. The Balaban J connectivity index is 1.96. The Morgan fingerprint density at radius 1 is 1.05 bits per heavy atom. The number of ether oxygens (including phenoxy) is 3. The summed E-state index contributed by atoms with van der Waals surface area (Å²) in [6.45, 7) is 10.5. The molecule has 3 aliphatic rings. The van der Waals surface area contributed by atoms with Crippen LogP contribution in [0.1, 0.15) is 59.8 Å². The number of hydrogen-bond acceptors (Lipinski definition) is 3. The van der Waals surface area contributed by atoms with Crippen LogP contribution in [0.15, 0.2) is 0 Å². The van der Waals surface area contributed by atoms with Crippen LogP contribution in [0.3, 0.4) is 0 Å². The SMILES string of the molecule is CCC12CCC(C)O[C@H]1C(C)(C)C1(CC2)OCCO1. The maximum Gasteiger partial charge on any atom is 0.176 e. The zero-order chi connectivity index (χ0) is 13.7. The molecule has 110 valence electrons. The molecule has 0 aromatic heterocycles. The first-order valence-corrected chi connectivity index (χ1v) is 7.89. The summed E-state index contributed by atoms with van der Waals surface area (Å²) >= 11 is 0.